The highest BCUT2D eigenvalue weighted by atomic mass is 32.1. The molecule has 2 aromatic rings. The van der Waals surface area contributed by atoms with E-state index in [9.17, 15) is 4.79 Å². The van der Waals surface area contributed by atoms with Gasteiger partial charge in [-0.25, -0.2) is 4.79 Å². The van der Waals surface area contributed by atoms with Crippen LogP contribution in [0.5, 0.6) is 0 Å². The number of benzene rings is 1. The number of nitrogens with two attached hydrogens (primary N) is 1. The molecule has 0 unspecified atom stereocenters. The summed E-state index contributed by atoms with van der Waals surface area (Å²) in [6, 6.07) is 8.30. The van der Waals surface area contributed by atoms with Crippen molar-refractivity contribution in [1.29, 1.82) is 0 Å². The molecule has 0 saturated heterocycles. The van der Waals surface area contributed by atoms with Crippen LogP contribution in [0.4, 0.5) is 5.00 Å². The Labute approximate surface area is 129 Å². The van der Waals surface area contributed by atoms with E-state index in [-0.39, 0.29) is 5.97 Å². The maximum absolute atomic E-state index is 12.2. The van der Waals surface area contributed by atoms with Crippen molar-refractivity contribution in [3.8, 4) is 11.1 Å². The summed E-state index contributed by atoms with van der Waals surface area (Å²) >= 11 is 1.43. The molecule has 0 saturated carbocycles. The van der Waals surface area contributed by atoms with Crippen molar-refractivity contribution in [2.24, 2.45) is 0 Å². The second kappa shape index (κ2) is 6.31. The van der Waals surface area contributed by atoms with Gasteiger partial charge in [0.1, 0.15) is 10.6 Å². The summed E-state index contributed by atoms with van der Waals surface area (Å²) in [5.74, 6) is 0.138. The lowest BCUT2D eigenvalue weighted by molar-refractivity contribution is 0.0529. The molecule has 0 aliphatic rings. The number of aryl methyl sites for hydroxylation is 1. The number of esters is 1. The van der Waals surface area contributed by atoms with Crippen LogP contribution in [0.3, 0.4) is 0 Å². The summed E-state index contributed by atoms with van der Waals surface area (Å²) in [6.07, 6.45) is 0. The molecule has 112 valence electrons. The highest BCUT2D eigenvalue weighted by Crippen LogP contribution is 2.38. The van der Waals surface area contributed by atoms with E-state index < -0.39 is 0 Å². The molecule has 0 bridgehead atoms. The van der Waals surface area contributed by atoms with Crippen LogP contribution in [0.2, 0.25) is 0 Å². The first kappa shape index (κ1) is 15.6. The maximum atomic E-state index is 12.2. The van der Waals surface area contributed by atoms with Crippen LogP contribution in [0.15, 0.2) is 24.3 Å². The van der Waals surface area contributed by atoms with Crippen LogP contribution in [0.25, 0.3) is 11.1 Å². The number of thiophene rings is 1. The lowest BCUT2D eigenvalue weighted by Crippen LogP contribution is -2.07. The van der Waals surface area contributed by atoms with Gasteiger partial charge in [-0.15, -0.1) is 11.3 Å². The van der Waals surface area contributed by atoms with Gasteiger partial charge in [0.15, 0.2) is 0 Å². The van der Waals surface area contributed by atoms with Crippen molar-refractivity contribution in [1.82, 2.24) is 0 Å². The van der Waals surface area contributed by atoms with Crippen molar-refractivity contribution in [2.75, 3.05) is 12.3 Å². The Balaban J connectivity index is 2.50. The van der Waals surface area contributed by atoms with Crippen LogP contribution in [-0.4, -0.2) is 12.6 Å². The molecule has 0 aliphatic carbocycles. The summed E-state index contributed by atoms with van der Waals surface area (Å²) in [7, 11) is 0. The van der Waals surface area contributed by atoms with E-state index in [1.165, 1.54) is 16.9 Å². The van der Waals surface area contributed by atoms with E-state index in [1.54, 1.807) is 6.92 Å². The van der Waals surface area contributed by atoms with Gasteiger partial charge in [-0.3, -0.25) is 0 Å². The molecular formula is C17H21NO2S. The third-order valence-corrected chi connectivity index (χ3v) is 4.39. The first-order valence-electron chi connectivity index (χ1n) is 7.12. The number of hydrogen-bond donors (Lipinski definition) is 1. The van der Waals surface area contributed by atoms with Crippen molar-refractivity contribution in [2.45, 2.75) is 33.6 Å². The number of nitrogen functional groups attached to an aromatic ring is 1. The van der Waals surface area contributed by atoms with E-state index in [0.29, 0.717) is 23.1 Å². The maximum Gasteiger partial charge on any atom is 0.341 e. The zero-order valence-corrected chi connectivity index (χ0v) is 13.7. The first-order chi connectivity index (χ1) is 9.95. The van der Waals surface area contributed by atoms with Gasteiger partial charge in [-0.1, -0.05) is 38.1 Å². The largest absolute Gasteiger partial charge is 0.462 e. The van der Waals surface area contributed by atoms with Crippen molar-refractivity contribution < 1.29 is 9.53 Å². The molecule has 0 aliphatic heterocycles. The summed E-state index contributed by atoms with van der Waals surface area (Å²) in [5.41, 5.74) is 9.68. The van der Waals surface area contributed by atoms with Crippen LogP contribution < -0.4 is 5.73 Å². The molecule has 0 spiro atoms. The Kier molecular flexibility index (Phi) is 4.68. The Morgan fingerprint density at radius 3 is 2.43 bits per heavy atom. The zero-order valence-electron chi connectivity index (χ0n) is 12.9. The van der Waals surface area contributed by atoms with Gasteiger partial charge in [0.25, 0.3) is 0 Å². The topological polar surface area (TPSA) is 52.3 Å². The minimum absolute atomic E-state index is 0.345. The molecule has 1 aromatic carbocycles. The third kappa shape index (κ3) is 3.10. The number of hydrogen-bond acceptors (Lipinski definition) is 4. The Hall–Kier alpha value is -1.81. The number of anilines is 1. The summed E-state index contributed by atoms with van der Waals surface area (Å²) in [6.45, 7) is 8.44. The van der Waals surface area contributed by atoms with Crippen molar-refractivity contribution >= 4 is 22.3 Å². The summed E-state index contributed by atoms with van der Waals surface area (Å²) in [5, 5.41) is 0.522. The molecule has 0 fully saturated rings. The average Bonchev–Trinajstić information content (AvgIpc) is 2.73. The van der Waals surface area contributed by atoms with Crippen LogP contribution in [0, 0.1) is 6.92 Å². The average molecular weight is 303 g/mol. The summed E-state index contributed by atoms with van der Waals surface area (Å²) in [4.78, 5) is 13.2. The van der Waals surface area contributed by atoms with Crippen LogP contribution >= 0.6 is 11.3 Å². The second-order valence-corrected chi connectivity index (χ2v) is 6.53. The quantitative estimate of drug-likeness (QED) is 0.839. The van der Waals surface area contributed by atoms with Gasteiger partial charge in [0.05, 0.1) is 6.61 Å². The highest BCUT2D eigenvalue weighted by Gasteiger charge is 2.22. The molecule has 4 heteroatoms. The fourth-order valence-corrected chi connectivity index (χ4v) is 3.29. The lowest BCUT2D eigenvalue weighted by Gasteiger charge is -2.09. The first-order valence-corrected chi connectivity index (χ1v) is 7.93. The van der Waals surface area contributed by atoms with E-state index in [0.717, 1.165) is 16.0 Å². The standard InChI is InChI=1S/C17H21NO2S/c1-5-20-17(19)15-14(11(4)21-16(15)18)13-8-6-12(7-9-13)10(2)3/h6-10H,5,18H2,1-4H3. The number of carbonyl (C=O) groups excluding carboxylic acids is 1. The molecule has 21 heavy (non-hydrogen) atoms. The van der Waals surface area contributed by atoms with Gasteiger partial charge < -0.3 is 10.5 Å². The van der Waals surface area contributed by atoms with E-state index in [4.69, 9.17) is 10.5 Å². The molecular weight excluding hydrogens is 282 g/mol. The van der Waals surface area contributed by atoms with Gasteiger partial charge in [-0.05, 0) is 30.9 Å². The van der Waals surface area contributed by atoms with Gasteiger partial charge in [0, 0.05) is 10.4 Å². The molecule has 0 atom stereocenters. The predicted molar refractivity (Wildman–Crippen MR) is 88.9 cm³/mol. The van der Waals surface area contributed by atoms with E-state index in [1.807, 2.05) is 19.1 Å². The smallest absolute Gasteiger partial charge is 0.341 e. The van der Waals surface area contributed by atoms with Crippen LogP contribution in [-0.2, 0) is 4.74 Å². The molecule has 0 radical (unpaired) electrons. The van der Waals surface area contributed by atoms with Gasteiger partial charge in [-0.2, -0.15) is 0 Å². The Morgan fingerprint density at radius 2 is 1.90 bits per heavy atom. The minimum Gasteiger partial charge on any atom is -0.462 e. The second-order valence-electron chi connectivity index (χ2n) is 5.27. The van der Waals surface area contributed by atoms with E-state index >= 15 is 0 Å². The number of carbonyl (C=O) groups is 1. The zero-order chi connectivity index (χ0) is 15.6. The molecule has 0 amide bonds. The SMILES string of the molecule is CCOC(=O)c1c(N)sc(C)c1-c1ccc(C(C)C)cc1. The third-order valence-electron chi connectivity index (χ3n) is 3.46. The monoisotopic (exact) mass is 303 g/mol. The fraction of sp³-hybridized carbons (Fsp3) is 0.353. The highest BCUT2D eigenvalue weighted by molar-refractivity contribution is 7.16. The molecule has 2 rings (SSSR count). The molecule has 2 N–H and O–H groups in total. The lowest BCUT2D eigenvalue weighted by atomic mass is 9.97. The Morgan fingerprint density at radius 1 is 1.29 bits per heavy atom. The number of ether oxygens (including phenoxy) is 1. The Bertz CT molecular complexity index is 642. The van der Waals surface area contributed by atoms with Gasteiger partial charge in [0.2, 0.25) is 0 Å². The molecule has 3 nitrogen and oxygen atoms in total. The van der Waals surface area contributed by atoms with Gasteiger partial charge >= 0.3 is 5.97 Å². The number of rotatable bonds is 4. The van der Waals surface area contributed by atoms with Crippen LogP contribution in [0.1, 0.15) is 47.5 Å². The van der Waals surface area contributed by atoms with Crippen molar-refractivity contribution in [3.63, 3.8) is 0 Å². The molecule has 1 aromatic heterocycles. The molecule has 1 heterocycles. The minimum atomic E-state index is -0.345. The fourth-order valence-electron chi connectivity index (χ4n) is 2.35. The van der Waals surface area contributed by atoms with Crippen molar-refractivity contribution in [3.05, 3.63) is 40.3 Å². The normalized spacial score (nSPS) is 10.9. The van der Waals surface area contributed by atoms with E-state index in [2.05, 4.69) is 26.0 Å². The summed E-state index contributed by atoms with van der Waals surface area (Å²) < 4.78 is 5.13. The predicted octanol–water partition coefficient (Wildman–Crippen LogP) is 4.61.